The van der Waals surface area contributed by atoms with Crippen LogP contribution in [0.5, 0.6) is 0 Å². The van der Waals surface area contributed by atoms with Crippen LogP contribution in [0.2, 0.25) is 10.0 Å². The van der Waals surface area contributed by atoms with E-state index >= 15 is 0 Å². The van der Waals surface area contributed by atoms with Gasteiger partial charge in [-0.1, -0.05) is 77.8 Å². The topological polar surface area (TPSA) is 60.3 Å². The lowest BCUT2D eigenvalue weighted by Gasteiger charge is -2.22. The van der Waals surface area contributed by atoms with Crippen molar-refractivity contribution in [3.05, 3.63) is 136 Å². The van der Waals surface area contributed by atoms with Crippen molar-refractivity contribution in [2.45, 2.75) is 32.4 Å². The zero-order valence-electron chi connectivity index (χ0n) is 22.6. The largest absolute Gasteiger partial charge is 0.466 e. The van der Waals surface area contributed by atoms with Crippen LogP contribution in [0.4, 0.5) is 5.69 Å². The molecule has 1 aromatic heterocycles. The number of nitrogens with one attached hydrogen (secondary N) is 1. The molecule has 0 fully saturated rings. The first-order chi connectivity index (χ1) is 19.9. The van der Waals surface area contributed by atoms with Gasteiger partial charge in [-0.3, -0.25) is 9.59 Å². The monoisotopic (exact) mass is 584 g/mol. The van der Waals surface area contributed by atoms with Gasteiger partial charge < -0.3 is 14.6 Å². The van der Waals surface area contributed by atoms with Crippen LogP contribution in [-0.2, 0) is 16.1 Å². The number of aromatic nitrogens is 1. The van der Waals surface area contributed by atoms with Crippen molar-refractivity contribution < 1.29 is 14.3 Å². The third-order valence-corrected chi connectivity index (χ3v) is 7.46. The van der Waals surface area contributed by atoms with E-state index in [1.165, 1.54) is 0 Å². The average molecular weight is 586 g/mol. The van der Waals surface area contributed by atoms with Crippen LogP contribution in [0.25, 0.3) is 10.9 Å². The van der Waals surface area contributed by atoms with Crippen LogP contribution < -0.4 is 5.32 Å². The second-order valence-electron chi connectivity index (χ2n) is 9.75. The number of hydrogen-bond acceptors (Lipinski definition) is 4. The van der Waals surface area contributed by atoms with E-state index in [2.05, 4.69) is 5.32 Å². The van der Waals surface area contributed by atoms with Crippen LogP contribution in [-0.4, -0.2) is 22.9 Å². The third-order valence-electron chi connectivity index (χ3n) is 6.96. The van der Waals surface area contributed by atoms with Crippen molar-refractivity contribution in [1.82, 2.24) is 4.57 Å². The van der Waals surface area contributed by atoms with Crippen LogP contribution in [0.3, 0.4) is 0 Å². The van der Waals surface area contributed by atoms with E-state index in [4.69, 9.17) is 27.9 Å². The molecule has 0 saturated carbocycles. The number of ether oxygens (including phenoxy) is 1. The lowest BCUT2D eigenvalue weighted by Crippen LogP contribution is -2.13. The Morgan fingerprint density at radius 3 is 2.17 bits per heavy atom. The maximum Gasteiger partial charge on any atom is 0.305 e. The molecular formula is C34H30Cl2N2O3. The van der Waals surface area contributed by atoms with Crippen molar-refractivity contribution >= 4 is 51.5 Å². The first-order valence-electron chi connectivity index (χ1n) is 13.6. The van der Waals surface area contributed by atoms with Gasteiger partial charge in [0.05, 0.1) is 12.6 Å². The van der Waals surface area contributed by atoms with Gasteiger partial charge in [-0.25, -0.2) is 0 Å². The van der Waals surface area contributed by atoms with Crippen molar-refractivity contribution in [3.8, 4) is 0 Å². The first kappa shape index (κ1) is 28.5. The van der Waals surface area contributed by atoms with E-state index in [9.17, 15) is 9.59 Å². The lowest BCUT2D eigenvalue weighted by atomic mass is 9.97. The van der Waals surface area contributed by atoms with Gasteiger partial charge in [-0.2, -0.15) is 0 Å². The second kappa shape index (κ2) is 13.1. The molecule has 1 heterocycles. The van der Waals surface area contributed by atoms with Gasteiger partial charge in [0.15, 0.2) is 5.78 Å². The molecule has 0 spiro atoms. The molecule has 0 saturated heterocycles. The summed E-state index contributed by atoms with van der Waals surface area (Å²) in [6.07, 6.45) is 2.85. The van der Waals surface area contributed by atoms with Gasteiger partial charge in [0, 0.05) is 56.9 Å². The fourth-order valence-electron chi connectivity index (χ4n) is 4.98. The number of anilines is 1. The molecule has 0 aliphatic carbocycles. The van der Waals surface area contributed by atoms with Crippen LogP contribution in [0.1, 0.15) is 52.9 Å². The minimum atomic E-state index is -0.208. The van der Waals surface area contributed by atoms with E-state index in [1.807, 2.05) is 108 Å². The van der Waals surface area contributed by atoms with Crippen LogP contribution >= 0.6 is 23.2 Å². The molecule has 5 rings (SSSR count). The van der Waals surface area contributed by atoms with Crippen molar-refractivity contribution in [2.24, 2.45) is 0 Å². The van der Waals surface area contributed by atoms with Gasteiger partial charge in [0.25, 0.3) is 0 Å². The predicted octanol–water partition coefficient (Wildman–Crippen LogP) is 8.72. The maximum absolute atomic E-state index is 13.8. The van der Waals surface area contributed by atoms with Crippen LogP contribution in [0, 0.1) is 0 Å². The molecule has 0 aliphatic rings. The fraction of sp³-hybridized carbons (Fsp3) is 0.176. The fourth-order valence-corrected chi connectivity index (χ4v) is 5.23. The summed E-state index contributed by atoms with van der Waals surface area (Å²) in [5.41, 5.74) is 5.03. The standard InChI is InChI=1S/C34H30Cl2N2O3/c1-2-41-32(39)11-6-20-38-22-30(29-9-3-4-10-31(29)38)34(40)25-7-5-8-28(21-25)37-33(23-12-16-26(35)17-13-23)24-14-18-27(36)19-15-24/h3-5,7-10,12-19,21-22,33,37H,2,6,11,20H2,1H3. The summed E-state index contributed by atoms with van der Waals surface area (Å²) in [5.74, 6) is -0.274. The predicted molar refractivity (Wildman–Crippen MR) is 166 cm³/mol. The number of carbonyl (C=O) groups is 2. The van der Waals surface area contributed by atoms with E-state index in [0.29, 0.717) is 47.2 Å². The highest BCUT2D eigenvalue weighted by Crippen LogP contribution is 2.30. The highest BCUT2D eigenvalue weighted by atomic mass is 35.5. The molecule has 0 radical (unpaired) electrons. The summed E-state index contributed by atoms with van der Waals surface area (Å²) in [6, 6.07) is 30.6. The number of ketones is 1. The number of carbonyl (C=O) groups excluding carboxylic acids is 2. The Labute approximate surface area is 249 Å². The van der Waals surface area contributed by atoms with Crippen molar-refractivity contribution in [2.75, 3.05) is 11.9 Å². The van der Waals surface area contributed by atoms with E-state index in [-0.39, 0.29) is 17.8 Å². The van der Waals surface area contributed by atoms with Crippen molar-refractivity contribution in [1.29, 1.82) is 0 Å². The Kier molecular flexibility index (Phi) is 9.07. The number of benzene rings is 4. The number of rotatable bonds is 11. The lowest BCUT2D eigenvalue weighted by molar-refractivity contribution is -0.143. The molecule has 0 unspecified atom stereocenters. The van der Waals surface area contributed by atoms with Crippen LogP contribution in [0.15, 0.2) is 103 Å². The number of para-hydroxylation sites is 1. The SMILES string of the molecule is CCOC(=O)CCCn1cc(C(=O)c2cccc(NC(c3ccc(Cl)cc3)c3ccc(Cl)cc3)c2)c2ccccc21. The smallest absolute Gasteiger partial charge is 0.305 e. The normalized spacial score (nSPS) is 11.1. The van der Waals surface area contributed by atoms with E-state index in [0.717, 1.165) is 27.7 Å². The molecule has 208 valence electrons. The highest BCUT2D eigenvalue weighted by Gasteiger charge is 2.19. The molecule has 41 heavy (non-hydrogen) atoms. The minimum Gasteiger partial charge on any atom is -0.466 e. The minimum absolute atomic E-state index is 0.0662. The van der Waals surface area contributed by atoms with Gasteiger partial charge >= 0.3 is 5.97 Å². The number of fused-ring (bicyclic) bond motifs is 1. The van der Waals surface area contributed by atoms with E-state index < -0.39 is 0 Å². The Hall–Kier alpha value is -4.06. The number of halogens is 2. The van der Waals surface area contributed by atoms with Gasteiger partial charge in [0.2, 0.25) is 0 Å². The molecule has 4 aromatic carbocycles. The summed E-state index contributed by atoms with van der Waals surface area (Å²) in [7, 11) is 0. The molecule has 0 amide bonds. The third kappa shape index (κ3) is 6.82. The summed E-state index contributed by atoms with van der Waals surface area (Å²) in [6.45, 7) is 2.78. The second-order valence-corrected chi connectivity index (χ2v) is 10.6. The zero-order valence-corrected chi connectivity index (χ0v) is 24.2. The quantitative estimate of drug-likeness (QED) is 0.124. The van der Waals surface area contributed by atoms with Gasteiger partial charge in [0.1, 0.15) is 0 Å². The number of aryl methyl sites for hydroxylation is 1. The molecule has 1 N–H and O–H groups in total. The summed E-state index contributed by atoms with van der Waals surface area (Å²) >= 11 is 12.3. The molecule has 7 heteroatoms. The number of nitrogens with zero attached hydrogens (tertiary/aromatic N) is 1. The molecular weight excluding hydrogens is 555 g/mol. The van der Waals surface area contributed by atoms with Gasteiger partial charge in [-0.05, 0) is 66.9 Å². The molecule has 0 aliphatic heterocycles. The summed E-state index contributed by atoms with van der Waals surface area (Å²) in [4.78, 5) is 25.7. The first-order valence-corrected chi connectivity index (χ1v) is 14.3. The summed E-state index contributed by atoms with van der Waals surface area (Å²) in [5, 5.41) is 5.81. The molecule has 5 aromatic rings. The Balaban J connectivity index is 1.42. The highest BCUT2D eigenvalue weighted by molar-refractivity contribution is 6.30. The molecule has 0 atom stereocenters. The zero-order chi connectivity index (χ0) is 28.8. The Bertz CT molecular complexity index is 1610. The number of hydrogen-bond donors (Lipinski definition) is 1. The Morgan fingerprint density at radius 1 is 0.854 bits per heavy atom. The Morgan fingerprint density at radius 2 is 1.51 bits per heavy atom. The molecule has 0 bridgehead atoms. The van der Waals surface area contributed by atoms with Crippen molar-refractivity contribution in [3.63, 3.8) is 0 Å². The van der Waals surface area contributed by atoms with Gasteiger partial charge in [-0.15, -0.1) is 0 Å². The molecule has 5 nitrogen and oxygen atoms in total. The van der Waals surface area contributed by atoms with E-state index in [1.54, 1.807) is 6.92 Å². The number of esters is 1. The maximum atomic E-state index is 13.8. The average Bonchev–Trinajstić information content (AvgIpc) is 3.35. The summed E-state index contributed by atoms with van der Waals surface area (Å²) < 4.78 is 7.10.